The van der Waals surface area contributed by atoms with E-state index in [1.807, 2.05) is 12.1 Å². The number of hydrogen-bond donors (Lipinski definition) is 0. The number of rotatable bonds is 5. The Bertz CT molecular complexity index is 470. The van der Waals surface area contributed by atoms with Crippen LogP contribution in [0.3, 0.4) is 0 Å². The van der Waals surface area contributed by atoms with E-state index in [9.17, 15) is 9.59 Å². The first kappa shape index (κ1) is 13.7. The first-order chi connectivity index (χ1) is 9.19. The fourth-order valence-corrected chi connectivity index (χ4v) is 2.37. The molecule has 0 radical (unpaired) electrons. The Hall–Kier alpha value is -1.68. The van der Waals surface area contributed by atoms with Crippen LogP contribution in [0.4, 0.5) is 0 Å². The Labute approximate surface area is 113 Å². The van der Waals surface area contributed by atoms with Crippen LogP contribution < -0.4 is 0 Å². The van der Waals surface area contributed by atoms with E-state index in [0.717, 1.165) is 19.5 Å². The van der Waals surface area contributed by atoms with Crippen LogP contribution in [0.15, 0.2) is 24.3 Å². The normalized spacial score (nSPS) is 14.8. The second-order valence-electron chi connectivity index (χ2n) is 4.75. The quantitative estimate of drug-likeness (QED) is 0.596. The van der Waals surface area contributed by atoms with Gasteiger partial charge in [-0.3, -0.25) is 14.5 Å². The molecule has 1 aromatic rings. The topological polar surface area (TPSA) is 46.6 Å². The van der Waals surface area contributed by atoms with Crippen LogP contribution in [-0.2, 0) is 27.3 Å². The molecule has 0 amide bonds. The molecule has 0 aliphatic carbocycles. The Balaban J connectivity index is 1.85. The van der Waals surface area contributed by atoms with Gasteiger partial charge in [-0.2, -0.15) is 0 Å². The standard InChI is InChI=1S/C15H19NO3/c1-2-19-15(18)9-14(17)11-16-8-7-12-5-3-4-6-13(12)10-16/h3-6H,2,7-11H2,1H3. The molecule has 0 N–H and O–H groups in total. The van der Waals surface area contributed by atoms with Crippen LogP contribution >= 0.6 is 0 Å². The molecule has 0 atom stereocenters. The second-order valence-corrected chi connectivity index (χ2v) is 4.75. The van der Waals surface area contributed by atoms with Crippen LogP contribution in [0, 0.1) is 0 Å². The molecule has 1 aromatic carbocycles. The van der Waals surface area contributed by atoms with E-state index in [1.165, 1.54) is 11.1 Å². The third kappa shape index (κ3) is 3.89. The molecule has 0 unspecified atom stereocenters. The van der Waals surface area contributed by atoms with Gasteiger partial charge in [-0.15, -0.1) is 0 Å². The number of hydrogen-bond acceptors (Lipinski definition) is 4. The van der Waals surface area contributed by atoms with Gasteiger partial charge in [-0.25, -0.2) is 0 Å². The van der Waals surface area contributed by atoms with Crippen LogP contribution in [0.5, 0.6) is 0 Å². The van der Waals surface area contributed by atoms with Crippen molar-refractivity contribution in [1.82, 2.24) is 4.90 Å². The number of ketones is 1. The number of Topliss-reactive ketones (excluding diaryl/α,β-unsaturated/α-hetero) is 1. The zero-order valence-corrected chi connectivity index (χ0v) is 11.2. The third-order valence-corrected chi connectivity index (χ3v) is 3.26. The Morgan fingerprint density at radius 3 is 2.74 bits per heavy atom. The predicted molar refractivity (Wildman–Crippen MR) is 71.7 cm³/mol. The van der Waals surface area contributed by atoms with Gasteiger partial charge >= 0.3 is 5.97 Å². The van der Waals surface area contributed by atoms with E-state index in [-0.39, 0.29) is 12.2 Å². The first-order valence-electron chi connectivity index (χ1n) is 6.65. The molecule has 2 rings (SSSR count). The highest BCUT2D eigenvalue weighted by Gasteiger charge is 2.19. The van der Waals surface area contributed by atoms with E-state index in [4.69, 9.17) is 4.74 Å². The zero-order valence-electron chi connectivity index (χ0n) is 11.2. The number of ether oxygens (including phenoxy) is 1. The molecule has 0 bridgehead atoms. The lowest BCUT2D eigenvalue weighted by molar-refractivity contribution is -0.145. The third-order valence-electron chi connectivity index (χ3n) is 3.26. The van der Waals surface area contributed by atoms with Gasteiger partial charge in [0.25, 0.3) is 0 Å². The molecule has 0 fully saturated rings. The van der Waals surface area contributed by atoms with Gasteiger partial charge in [0.15, 0.2) is 5.78 Å². The number of benzene rings is 1. The van der Waals surface area contributed by atoms with Crippen LogP contribution in [0.2, 0.25) is 0 Å². The van der Waals surface area contributed by atoms with Crippen molar-refractivity contribution in [2.75, 3.05) is 19.7 Å². The molecule has 1 aliphatic heterocycles. The van der Waals surface area contributed by atoms with Gasteiger partial charge in [0.05, 0.1) is 13.2 Å². The van der Waals surface area contributed by atoms with Crippen molar-refractivity contribution in [2.24, 2.45) is 0 Å². The average Bonchev–Trinajstić information content (AvgIpc) is 2.38. The highest BCUT2D eigenvalue weighted by Crippen LogP contribution is 2.18. The van der Waals surface area contributed by atoms with E-state index >= 15 is 0 Å². The summed E-state index contributed by atoms with van der Waals surface area (Å²) in [7, 11) is 0. The lowest BCUT2D eigenvalue weighted by Gasteiger charge is -2.27. The van der Waals surface area contributed by atoms with Gasteiger partial charge in [-0.05, 0) is 24.5 Å². The lowest BCUT2D eigenvalue weighted by Crippen LogP contribution is -2.35. The molecule has 4 nitrogen and oxygen atoms in total. The van der Waals surface area contributed by atoms with E-state index < -0.39 is 5.97 Å². The summed E-state index contributed by atoms with van der Waals surface area (Å²) in [4.78, 5) is 25.1. The van der Waals surface area contributed by atoms with Gasteiger partial charge in [0.2, 0.25) is 0 Å². The smallest absolute Gasteiger partial charge is 0.313 e. The molecule has 0 saturated heterocycles. The van der Waals surface area contributed by atoms with Crippen LogP contribution in [-0.4, -0.2) is 36.3 Å². The maximum absolute atomic E-state index is 11.8. The molecule has 1 aliphatic rings. The highest BCUT2D eigenvalue weighted by atomic mass is 16.5. The molecule has 0 saturated carbocycles. The molecular formula is C15H19NO3. The summed E-state index contributed by atoms with van der Waals surface area (Å²) >= 11 is 0. The van der Waals surface area contributed by atoms with E-state index in [0.29, 0.717) is 13.2 Å². The number of carbonyl (C=O) groups excluding carboxylic acids is 2. The van der Waals surface area contributed by atoms with Crippen LogP contribution in [0.25, 0.3) is 0 Å². The van der Waals surface area contributed by atoms with Gasteiger partial charge in [0, 0.05) is 13.1 Å². The molecule has 102 valence electrons. The summed E-state index contributed by atoms with van der Waals surface area (Å²) in [5, 5.41) is 0. The summed E-state index contributed by atoms with van der Waals surface area (Å²) in [6.07, 6.45) is 0.842. The maximum Gasteiger partial charge on any atom is 0.313 e. The van der Waals surface area contributed by atoms with E-state index in [2.05, 4.69) is 17.0 Å². The van der Waals surface area contributed by atoms with Gasteiger partial charge < -0.3 is 4.74 Å². The summed E-state index contributed by atoms with van der Waals surface area (Å²) in [6, 6.07) is 8.29. The number of fused-ring (bicyclic) bond motifs is 1. The molecule has 4 heteroatoms. The maximum atomic E-state index is 11.8. The predicted octanol–water partition coefficient (Wildman–Crippen LogP) is 1.57. The Kier molecular flexibility index (Phi) is 4.68. The molecule has 1 heterocycles. The SMILES string of the molecule is CCOC(=O)CC(=O)CN1CCc2ccccc2C1. The fourth-order valence-electron chi connectivity index (χ4n) is 2.37. The lowest BCUT2D eigenvalue weighted by atomic mass is 10.00. The summed E-state index contributed by atoms with van der Waals surface area (Å²) in [6.45, 7) is 4.04. The highest BCUT2D eigenvalue weighted by molar-refractivity contribution is 5.96. The number of nitrogens with zero attached hydrogens (tertiary/aromatic N) is 1. The summed E-state index contributed by atoms with van der Waals surface area (Å²) < 4.78 is 4.78. The fraction of sp³-hybridized carbons (Fsp3) is 0.467. The molecule has 19 heavy (non-hydrogen) atoms. The van der Waals surface area contributed by atoms with Gasteiger partial charge in [-0.1, -0.05) is 24.3 Å². The van der Waals surface area contributed by atoms with Crippen molar-refractivity contribution in [2.45, 2.75) is 26.3 Å². The zero-order chi connectivity index (χ0) is 13.7. The number of carbonyl (C=O) groups is 2. The first-order valence-corrected chi connectivity index (χ1v) is 6.65. The monoisotopic (exact) mass is 261 g/mol. The minimum Gasteiger partial charge on any atom is -0.466 e. The van der Waals surface area contributed by atoms with Crippen molar-refractivity contribution < 1.29 is 14.3 Å². The summed E-state index contributed by atoms with van der Waals surface area (Å²) in [5.74, 6) is -0.497. The minimum atomic E-state index is -0.426. The number of esters is 1. The molecular weight excluding hydrogens is 242 g/mol. The minimum absolute atomic E-state index is 0.0715. The Morgan fingerprint density at radius 2 is 2.00 bits per heavy atom. The van der Waals surface area contributed by atoms with Crippen molar-refractivity contribution in [3.8, 4) is 0 Å². The van der Waals surface area contributed by atoms with E-state index in [1.54, 1.807) is 6.92 Å². The Morgan fingerprint density at radius 1 is 1.26 bits per heavy atom. The largest absolute Gasteiger partial charge is 0.466 e. The molecule has 0 aromatic heterocycles. The molecule has 0 spiro atoms. The average molecular weight is 261 g/mol. The van der Waals surface area contributed by atoms with Crippen molar-refractivity contribution in [3.63, 3.8) is 0 Å². The van der Waals surface area contributed by atoms with Crippen molar-refractivity contribution >= 4 is 11.8 Å². The summed E-state index contributed by atoms with van der Waals surface area (Å²) in [5.41, 5.74) is 2.63. The van der Waals surface area contributed by atoms with Crippen molar-refractivity contribution in [3.05, 3.63) is 35.4 Å². The van der Waals surface area contributed by atoms with Gasteiger partial charge in [0.1, 0.15) is 6.42 Å². The second kappa shape index (κ2) is 6.48. The van der Waals surface area contributed by atoms with Crippen molar-refractivity contribution in [1.29, 1.82) is 0 Å². The van der Waals surface area contributed by atoms with Crippen LogP contribution in [0.1, 0.15) is 24.5 Å².